The van der Waals surface area contributed by atoms with E-state index < -0.39 is 5.92 Å². The fourth-order valence-corrected chi connectivity index (χ4v) is 3.31. The minimum absolute atomic E-state index is 0.107. The zero-order chi connectivity index (χ0) is 19.4. The van der Waals surface area contributed by atoms with Gasteiger partial charge in [-0.3, -0.25) is 14.3 Å². The second-order valence-corrected chi connectivity index (χ2v) is 6.50. The topological polar surface area (TPSA) is 85.7 Å². The number of nitrogens with zero attached hydrogens (tertiary/aromatic N) is 3. The van der Waals surface area contributed by atoms with Gasteiger partial charge in [0.2, 0.25) is 11.8 Å². The molecule has 2 amide bonds. The molecule has 0 aliphatic carbocycles. The Kier molecular flexibility index (Phi) is 5.75. The number of para-hydroxylation sites is 1. The van der Waals surface area contributed by atoms with Crippen LogP contribution in [0.2, 0.25) is 0 Å². The predicted octanol–water partition coefficient (Wildman–Crippen LogP) is 1.53. The monoisotopic (exact) mass is 372 g/mol. The minimum Gasteiger partial charge on any atom is -0.495 e. The molecule has 0 saturated heterocycles. The number of nitrogens with one attached hydrogen (secondary N) is 1. The lowest BCUT2D eigenvalue weighted by atomic mass is 9.88. The first-order valence-electron chi connectivity index (χ1n) is 8.75. The summed E-state index contributed by atoms with van der Waals surface area (Å²) in [6.07, 6.45) is 3.71. The molecular weight excluding hydrogens is 348 g/mol. The van der Waals surface area contributed by atoms with Crippen molar-refractivity contribution in [3.8, 4) is 5.75 Å². The molecule has 144 valence electrons. The second-order valence-electron chi connectivity index (χ2n) is 6.50. The Bertz CT molecular complexity index is 833. The Morgan fingerprint density at radius 2 is 2.22 bits per heavy atom. The van der Waals surface area contributed by atoms with Crippen molar-refractivity contribution < 1.29 is 19.1 Å². The van der Waals surface area contributed by atoms with Crippen molar-refractivity contribution in [2.75, 3.05) is 32.7 Å². The van der Waals surface area contributed by atoms with E-state index in [1.54, 1.807) is 36.1 Å². The van der Waals surface area contributed by atoms with Crippen LogP contribution in [0.3, 0.4) is 0 Å². The molecule has 27 heavy (non-hydrogen) atoms. The van der Waals surface area contributed by atoms with Crippen LogP contribution in [-0.2, 0) is 27.9 Å². The second kappa shape index (κ2) is 8.22. The molecule has 0 saturated carbocycles. The van der Waals surface area contributed by atoms with Crippen LogP contribution in [0.4, 0.5) is 5.69 Å². The van der Waals surface area contributed by atoms with Crippen molar-refractivity contribution in [3.63, 3.8) is 0 Å². The summed E-state index contributed by atoms with van der Waals surface area (Å²) in [7, 11) is 4.97. The fourth-order valence-electron chi connectivity index (χ4n) is 3.31. The Labute approximate surface area is 158 Å². The van der Waals surface area contributed by atoms with Gasteiger partial charge >= 0.3 is 0 Å². The number of amides is 2. The van der Waals surface area contributed by atoms with E-state index in [1.807, 2.05) is 25.4 Å². The number of carbonyl (C=O) groups is 2. The normalized spacial score (nSPS) is 15.8. The van der Waals surface area contributed by atoms with Crippen LogP contribution >= 0.6 is 0 Å². The number of hydrogen-bond donors (Lipinski definition) is 1. The molecule has 8 nitrogen and oxygen atoms in total. The molecule has 1 aliphatic rings. The maximum absolute atomic E-state index is 13.3. The molecule has 8 heteroatoms. The van der Waals surface area contributed by atoms with E-state index in [9.17, 15) is 9.59 Å². The molecule has 0 bridgehead atoms. The third-order valence-corrected chi connectivity index (χ3v) is 4.61. The molecule has 1 unspecified atom stereocenters. The highest BCUT2D eigenvalue weighted by atomic mass is 16.5. The van der Waals surface area contributed by atoms with Crippen LogP contribution in [0.5, 0.6) is 5.75 Å². The standard InChI is InChI=1S/C19H24N4O4/c1-22-11-13(10-20-22)12-23(7-8-26-2)19(25)15-9-17(24)21-18-14(15)5-4-6-16(18)27-3/h4-6,10-11,15H,7-9,12H2,1-3H3,(H,21,24). The van der Waals surface area contributed by atoms with Gasteiger partial charge in [0.15, 0.2) is 0 Å². The molecule has 0 radical (unpaired) electrons. The average molecular weight is 372 g/mol. The summed E-state index contributed by atoms with van der Waals surface area (Å²) >= 11 is 0. The van der Waals surface area contributed by atoms with Gasteiger partial charge in [-0.2, -0.15) is 5.10 Å². The van der Waals surface area contributed by atoms with Crippen LogP contribution < -0.4 is 10.1 Å². The average Bonchev–Trinajstić information content (AvgIpc) is 3.08. The first-order valence-corrected chi connectivity index (χ1v) is 8.75. The number of methoxy groups -OCH3 is 2. The van der Waals surface area contributed by atoms with E-state index in [0.717, 1.165) is 11.1 Å². The van der Waals surface area contributed by atoms with Gasteiger partial charge in [-0.25, -0.2) is 0 Å². The van der Waals surface area contributed by atoms with Crippen LogP contribution in [0, 0.1) is 0 Å². The van der Waals surface area contributed by atoms with Gasteiger partial charge in [0.05, 0.1) is 31.5 Å². The number of anilines is 1. The van der Waals surface area contributed by atoms with E-state index >= 15 is 0 Å². The number of aryl methyl sites for hydroxylation is 1. The number of carbonyl (C=O) groups excluding carboxylic acids is 2. The number of ether oxygens (including phenoxy) is 2. The summed E-state index contributed by atoms with van der Waals surface area (Å²) in [4.78, 5) is 27.3. The van der Waals surface area contributed by atoms with Gasteiger partial charge in [0.25, 0.3) is 0 Å². The smallest absolute Gasteiger partial charge is 0.231 e. The van der Waals surface area contributed by atoms with Gasteiger partial charge in [-0.1, -0.05) is 12.1 Å². The van der Waals surface area contributed by atoms with Crippen molar-refractivity contribution in [2.24, 2.45) is 7.05 Å². The van der Waals surface area contributed by atoms with Gasteiger partial charge in [-0.05, 0) is 11.6 Å². The van der Waals surface area contributed by atoms with E-state index in [1.165, 1.54) is 0 Å². The Morgan fingerprint density at radius 3 is 2.89 bits per heavy atom. The summed E-state index contributed by atoms with van der Waals surface area (Å²) in [6.45, 7) is 1.25. The van der Waals surface area contributed by atoms with Crippen LogP contribution in [0.15, 0.2) is 30.6 Å². The number of hydrogen-bond acceptors (Lipinski definition) is 5. The lowest BCUT2D eigenvalue weighted by molar-refractivity contribution is -0.136. The van der Waals surface area contributed by atoms with Gasteiger partial charge < -0.3 is 19.7 Å². The molecule has 1 N–H and O–H groups in total. The molecule has 1 aliphatic heterocycles. The molecule has 0 fully saturated rings. The van der Waals surface area contributed by atoms with Crippen LogP contribution in [-0.4, -0.2) is 53.9 Å². The molecule has 1 aromatic heterocycles. The highest BCUT2D eigenvalue weighted by Crippen LogP contribution is 2.39. The van der Waals surface area contributed by atoms with Crippen LogP contribution in [0.1, 0.15) is 23.5 Å². The summed E-state index contributed by atoms with van der Waals surface area (Å²) in [5.74, 6) is -0.315. The number of rotatable bonds is 7. The highest BCUT2D eigenvalue weighted by Gasteiger charge is 2.34. The molecule has 3 rings (SSSR count). The lowest BCUT2D eigenvalue weighted by Crippen LogP contribution is -2.40. The molecule has 2 heterocycles. The predicted molar refractivity (Wildman–Crippen MR) is 99.5 cm³/mol. The van der Waals surface area contributed by atoms with E-state index in [2.05, 4.69) is 10.4 Å². The van der Waals surface area contributed by atoms with Crippen molar-refractivity contribution in [3.05, 3.63) is 41.7 Å². The molecule has 0 spiro atoms. The number of fused-ring (bicyclic) bond motifs is 1. The van der Waals surface area contributed by atoms with E-state index in [-0.39, 0.29) is 18.2 Å². The molecular formula is C19H24N4O4. The summed E-state index contributed by atoms with van der Waals surface area (Å²) in [6, 6.07) is 5.46. The molecule has 1 atom stereocenters. The maximum atomic E-state index is 13.3. The van der Waals surface area contributed by atoms with Crippen molar-refractivity contribution >= 4 is 17.5 Å². The van der Waals surface area contributed by atoms with Gasteiger partial charge in [-0.15, -0.1) is 0 Å². The van der Waals surface area contributed by atoms with Crippen molar-refractivity contribution in [1.29, 1.82) is 0 Å². The van der Waals surface area contributed by atoms with Crippen molar-refractivity contribution in [2.45, 2.75) is 18.9 Å². The zero-order valence-electron chi connectivity index (χ0n) is 15.8. The number of benzene rings is 1. The minimum atomic E-state index is -0.558. The van der Waals surface area contributed by atoms with Gasteiger partial charge in [0.1, 0.15) is 5.75 Å². The third-order valence-electron chi connectivity index (χ3n) is 4.61. The molecule has 1 aromatic carbocycles. The van der Waals surface area contributed by atoms with E-state index in [0.29, 0.717) is 31.1 Å². The SMILES string of the molecule is COCCN(Cc1cnn(C)c1)C(=O)C1CC(=O)Nc2c(OC)cccc21. The largest absolute Gasteiger partial charge is 0.495 e. The summed E-state index contributed by atoms with van der Waals surface area (Å²) in [5, 5.41) is 6.99. The quantitative estimate of drug-likeness (QED) is 0.797. The lowest BCUT2D eigenvalue weighted by Gasteiger charge is -2.31. The van der Waals surface area contributed by atoms with Crippen LogP contribution in [0.25, 0.3) is 0 Å². The summed E-state index contributed by atoms with van der Waals surface area (Å²) in [5.41, 5.74) is 2.27. The fraction of sp³-hybridized carbons (Fsp3) is 0.421. The van der Waals surface area contributed by atoms with E-state index in [4.69, 9.17) is 9.47 Å². The number of aromatic nitrogens is 2. The Hall–Kier alpha value is -2.87. The summed E-state index contributed by atoms with van der Waals surface area (Å²) < 4.78 is 12.2. The molecule has 2 aromatic rings. The highest BCUT2D eigenvalue weighted by molar-refractivity contribution is 6.02. The first kappa shape index (κ1) is 18.9. The third kappa shape index (κ3) is 4.11. The first-order chi connectivity index (χ1) is 13.0. The maximum Gasteiger partial charge on any atom is 0.231 e. The van der Waals surface area contributed by atoms with Crippen molar-refractivity contribution in [1.82, 2.24) is 14.7 Å². The van der Waals surface area contributed by atoms with Gasteiger partial charge in [0, 0.05) is 45.4 Å². The Morgan fingerprint density at radius 1 is 1.41 bits per heavy atom. The zero-order valence-corrected chi connectivity index (χ0v) is 15.8. The Balaban J connectivity index is 1.90.